The third-order valence-corrected chi connectivity index (χ3v) is 4.26. The molecule has 0 saturated carbocycles. The molecule has 130 valence electrons. The Morgan fingerprint density at radius 1 is 1.31 bits per heavy atom. The van der Waals surface area contributed by atoms with Crippen LogP contribution in [0.15, 0.2) is 35.5 Å². The Kier molecular flexibility index (Phi) is 3.85. The summed E-state index contributed by atoms with van der Waals surface area (Å²) in [6, 6.07) is 7.82. The van der Waals surface area contributed by atoms with E-state index in [2.05, 4.69) is 36.4 Å². The second-order valence-corrected chi connectivity index (χ2v) is 5.99. The third-order valence-electron chi connectivity index (χ3n) is 4.26. The van der Waals surface area contributed by atoms with Crippen LogP contribution in [0.2, 0.25) is 0 Å². The highest BCUT2D eigenvalue weighted by atomic mass is 16.1. The van der Waals surface area contributed by atoms with Crippen molar-refractivity contribution in [1.82, 2.24) is 29.7 Å². The maximum Gasteiger partial charge on any atom is 0.323 e. The summed E-state index contributed by atoms with van der Waals surface area (Å²) in [6.07, 6.45) is 3.55. The molecule has 0 unspecified atom stereocenters. The van der Waals surface area contributed by atoms with Crippen LogP contribution in [0.25, 0.3) is 22.1 Å². The van der Waals surface area contributed by atoms with E-state index in [4.69, 9.17) is 5.26 Å². The summed E-state index contributed by atoms with van der Waals surface area (Å²) in [5, 5.41) is 17.2. The van der Waals surface area contributed by atoms with Crippen LogP contribution in [0.5, 0.6) is 0 Å². The van der Waals surface area contributed by atoms with Gasteiger partial charge in [0.25, 0.3) is 0 Å². The molecule has 0 spiro atoms. The smallest absolute Gasteiger partial charge is 0.323 e. The van der Waals surface area contributed by atoms with Gasteiger partial charge in [-0.2, -0.15) is 10.4 Å². The van der Waals surface area contributed by atoms with Crippen molar-refractivity contribution in [1.29, 1.82) is 5.26 Å². The fourth-order valence-electron chi connectivity index (χ4n) is 2.94. The molecule has 1 aromatic carbocycles. The van der Waals surface area contributed by atoms with E-state index < -0.39 is 0 Å². The van der Waals surface area contributed by atoms with Crippen LogP contribution >= 0.6 is 0 Å². The Labute approximate surface area is 147 Å². The minimum Gasteiger partial charge on any atom is -0.363 e. The molecule has 0 bridgehead atoms. The van der Waals surface area contributed by atoms with Gasteiger partial charge in [0.1, 0.15) is 12.1 Å². The van der Waals surface area contributed by atoms with Gasteiger partial charge in [0.15, 0.2) is 5.65 Å². The first-order valence-corrected chi connectivity index (χ1v) is 8.17. The number of benzene rings is 1. The summed E-state index contributed by atoms with van der Waals surface area (Å²) in [4.78, 5) is 25.5. The van der Waals surface area contributed by atoms with Crippen molar-refractivity contribution < 1.29 is 0 Å². The molecule has 4 aromatic rings. The van der Waals surface area contributed by atoms with Crippen molar-refractivity contribution in [2.45, 2.75) is 25.9 Å². The number of nitriles is 1. The lowest BCUT2D eigenvalue weighted by atomic mass is 10.1. The number of aromatic amines is 2. The molecule has 0 fully saturated rings. The monoisotopic (exact) mass is 348 g/mol. The molecule has 0 amide bonds. The summed E-state index contributed by atoms with van der Waals surface area (Å²) >= 11 is 0. The normalized spacial score (nSPS) is 12.3. The van der Waals surface area contributed by atoms with E-state index in [1.807, 2.05) is 25.1 Å². The maximum atomic E-state index is 11.4. The van der Waals surface area contributed by atoms with Crippen LogP contribution in [-0.4, -0.2) is 29.7 Å². The number of hydrogen-bond acceptors (Lipinski definition) is 6. The second kappa shape index (κ2) is 6.33. The van der Waals surface area contributed by atoms with Crippen molar-refractivity contribution in [3.8, 4) is 6.07 Å². The van der Waals surface area contributed by atoms with Gasteiger partial charge in [0, 0.05) is 0 Å². The largest absolute Gasteiger partial charge is 0.363 e. The van der Waals surface area contributed by atoms with Gasteiger partial charge in [-0.15, -0.1) is 0 Å². The Balaban J connectivity index is 1.64. The number of nitrogens with zero attached hydrogens (tertiary/aromatic N) is 5. The number of imidazole rings is 1. The number of fused-ring (bicyclic) bond motifs is 2. The SMILES string of the molecule is C[C@@H](Nc1ncnc2c1cnn2CCC#N)c1ccc2[nH]c(=O)[nH]c2c1. The quantitative estimate of drug-likeness (QED) is 0.506. The molecular weight excluding hydrogens is 332 g/mol. The molecule has 1 atom stereocenters. The third kappa shape index (κ3) is 2.77. The first-order valence-electron chi connectivity index (χ1n) is 8.17. The molecule has 3 aromatic heterocycles. The molecule has 9 nitrogen and oxygen atoms in total. The Morgan fingerprint density at radius 2 is 2.15 bits per heavy atom. The molecule has 9 heteroatoms. The van der Waals surface area contributed by atoms with Gasteiger partial charge in [0.2, 0.25) is 0 Å². The fourth-order valence-corrected chi connectivity index (χ4v) is 2.94. The van der Waals surface area contributed by atoms with Crippen molar-refractivity contribution in [3.63, 3.8) is 0 Å². The number of anilines is 1. The van der Waals surface area contributed by atoms with Gasteiger partial charge >= 0.3 is 5.69 Å². The number of nitrogens with one attached hydrogen (secondary N) is 3. The zero-order chi connectivity index (χ0) is 18.1. The number of H-pyrrole nitrogens is 2. The van der Waals surface area contributed by atoms with Crippen LogP contribution < -0.4 is 11.0 Å². The average molecular weight is 348 g/mol. The number of rotatable bonds is 5. The lowest BCUT2D eigenvalue weighted by molar-refractivity contribution is 0.643. The molecule has 0 aliphatic carbocycles. The lowest BCUT2D eigenvalue weighted by Gasteiger charge is -2.15. The first kappa shape index (κ1) is 15.8. The predicted molar refractivity (Wildman–Crippen MR) is 96.5 cm³/mol. The highest BCUT2D eigenvalue weighted by Crippen LogP contribution is 2.25. The second-order valence-electron chi connectivity index (χ2n) is 5.99. The standard InChI is InChI=1S/C17H16N8O/c1-10(11-3-4-13-14(7-11)24-17(26)23-13)22-15-12-8-21-25(6-2-5-18)16(12)20-9-19-15/h3-4,7-10H,2,6H2,1H3,(H,19,20,22)(H2,23,24,26)/t10-/m1/s1. The zero-order valence-electron chi connectivity index (χ0n) is 14.0. The van der Waals surface area contributed by atoms with Gasteiger partial charge in [-0.25, -0.2) is 19.4 Å². The van der Waals surface area contributed by atoms with Crippen LogP contribution in [0, 0.1) is 11.3 Å². The molecule has 0 radical (unpaired) electrons. The molecule has 3 N–H and O–H groups in total. The minimum atomic E-state index is -0.222. The van der Waals surface area contributed by atoms with E-state index in [0.29, 0.717) is 24.4 Å². The molecule has 3 heterocycles. The predicted octanol–water partition coefficient (Wildman–Crippen LogP) is 2.08. The number of aryl methyl sites for hydroxylation is 1. The number of aromatic nitrogens is 6. The zero-order valence-corrected chi connectivity index (χ0v) is 14.0. The van der Waals surface area contributed by atoms with E-state index in [9.17, 15) is 4.79 Å². The summed E-state index contributed by atoms with van der Waals surface area (Å²) in [6.45, 7) is 2.50. The van der Waals surface area contributed by atoms with Gasteiger partial charge in [-0.05, 0) is 24.6 Å². The Morgan fingerprint density at radius 3 is 3.00 bits per heavy atom. The average Bonchev–Trinajstić information content (AvgIpc) is 3.22. The van der Waals surface area contributed by atoms with Crippen LogP contribution in [0.3, 0.4) is 0 Å². The van der Waals surface area contributed by atoms with Crippen molar-refractivity contribution in [2.24, 2.45) is 0 Å². The van der Waals surface area contributed by atoms with Crippen molar-refractivity contribution in [2.75, 3.05) is 5.32 Å². The van der Waals surface area contributed by atoms with Gasteiger partial charge in [-0.1, -0.05) is 6.07 Å². The van der Waals surface area contributed by atoms with Gasteiger partial charge < -0.3 is 15.3 Å². The molecule has 0 aliphatic heterocycles. The first-order chi connectivity index (χ1) is 12.7. The molecule has 0 saturated heterocycles. The lowest BCUT2D eigenvalue weighted by Crippen LogP contribution is -2.09. The number of hydrogen-bond donors (Lipinski definition) is 3. The Hall–Kier alpha value is -3.67. The van der Waals surface area contributed by atoms with E-state index in [0.717, 1.165) is 22.0 Å². The summed E-state index contributed by atoms with van der Waals surface area (Å²) in [7, 11) is 0. The molecule has 0 aliphatic rings. The van der Waals surface area contributed by atoms with Gasteiger partial charge in [-0.3, -0.25) is 0 Å². The summed E-state index contributed by atoms with van der Waals surface area (Å²) < 4.78 is 1.70. The topological polar surface area (TPSA) is 128 Å². The summed E-state index contributed by atoms with van der Waals surface area (Å²) in [5.41, 5.74) is 3.01. The fraction of sp³-hybridized carbons (Fsp3) is 0.235. The van der Waals surface area contributed by atoms with Crippen LogP contribution in [0.1, 0.15) is 24.9 Å². The molecule has 4 rings (SSSR count). The summed E-state index contributed by atoms with van der Waals surface area (Å²) in [5.74, 6) is 0.674. The van der Waals surface area contributed by atoms with Gasteiger partial charge in [0.05, 0.1) is 47.7 Å². The van der Waals surface area contributed by atoms with Crippen molar-refractivity contribution >= 4 is 27.9 Å². The van der Waals surface area contributed by atoms with Crippen molar-refractivity contribution in [3.05, 3.63) is 46.8 Å². The van der Waals surface area contributed by atoms with E-state index in [-0.39, 0.29) is 11.7 Å². The molecular formula is C17H16N8O. The Bertz CT molecular complexity index is 1180. The molecule has 26 heavy (non-hydrogen) atoms. The van der Waals surface area contributed by atoms with Crippen LogP contribution in [0.4, 0.5) is 5.82 Å². The van der Waals surface area contributed by atoms with E-state index in [1.165, 1.54) is 6.33 Å². The van der Waals surface area contributed by atoms with E-state index >= 15 is 0 Å². The minimum absolute atomic E-state index is 0.0432. The van der Waals surface area contributed by atoms with E-state index in [1.54, 1.807) is 10.9 Å². The highest BCUT2D eigenvalue weighted by Gasteiger charge is 2.13. The highest BCUT2D eigenvalue weighted by molar-refractivity contribution is 5.86. The maximum absolute atomic E-state index is 11.4. The van der Waals surface area contributed by atoms with Crippen LogP contribution in [-0.2, 0) is 6.54 Å².